The molecular formula is C19H16N2O4. The summed E-state index contributed by atoms with van der Waals surface area (Å²) in [5, 5.41) is 6.36. The third-order valence-electron chi connectivity index (χ3n) is 4.06. The molecule has 0 radical (unpaired) electrons. The maximum Gasteiger partial charge on any atom is 0.370 e. The van der Waals surface area contributed by atoms with Gasteiger partial charge in [-0.3, -0.25) is 9.59 Å². The summed E-state index contributed by atoms with van der Waals surface area (Å²) < 4.78 is 0. The van der Waals surface area contributed by atoms with Crippen molar-refractivity contribution in [1.82, 2.24) is 5.32 Å². The number of ketones is 1. The fraction of sp³-hybridized carbons (Fsp3) is 0.158. The molecule has 2 aromatic carbocycles. The zero-order valence-electron chi connectivity index (χ0n) is 13.6. The van der Waals surface area contributed by atoms with Crippen LogP contribution in [0.4, 0.5) is 0 Å². The van der Waals surface area contributed by atoms with Crippen molar-refractivity contribution in [2.24, 2.45) is 5.16 Å². The Morgan fingerprint density at radius 1 is 1.04 bits per heavy atom. The van der Waals surface area contributed by atoms with Gasteiger partial charge < -0.3 is 10.2 Å². The third-order valence-corrected chi connectivity index (χ3v) is 4.06. The Hall–Kier alpha value is -3.28. The molecule has 1 heterocycles. The van der Waals surface area contributed by atoms with Gasteiger partial charge in [0.05, 0.1) is 5.71 Å². The summed E-state index contributed by atoms with van der Waals surface area (Å²) in [5.74, 6) is -2.36. The molecule has 0 fully saturated rings. The summed E-state index contributed by atoms with van der Waals surface area (Å²) in [6.07, 6.45) is 0.375. The molecule has 0 saturated carbocycles. The van der Waals surface area contributed by atoms with E-state index in [1.54, 1.807) is 67.6 Å². The Labute approximate surface area is 144 Å². The van der Waals surface area contributed by atoms with Gasteiger partial charge in [0.1, 0.15) is 0 Å². The van der Waals surface area contributed by atoms with Crippen molar-refractivity contribution in [3.63, 3.8) is 0 Å². The molecule has 0 aliphatic carbocycles. The van der Waals surface area contributed by atoms with Gasteiger partial charge in [0.15, 0.2) is 0 Å². The molecule has 1 atom stereocenters. The molecule has 126 valence electrons. The maximum absolute atomic E-state index is 12.6. The van der Waals surface area contributed by atoms with Crippen molar-refractivity contribution in [2.75, 3.05) is 0 Å². The summed E-state index contributed by atoms with van der Waals surface area (Å²) in [5.41, 5.74) is -0.507. The molecule has 0 spiro atoms. The van der Waals surface area contributed by atoms with Crippen LogP contribution < -0.4 is 5.32 Å². The lowest BCUT2D eigenvalue weighted by molar-refractivity contribution is -0.147. The molecule has 6 heteroatoms. The molecule has 6 nitrogen and oxygen atoms in total. The monoisotopic (exact) mass is 336 g/mol. The highest BCUT2D eigenvalue weighted by Gasteiger charge is 2.52. The second-order valence-electron chi connectivity index (χ2n) is 5.54. The summed E-state index contributed by atoms with van der Waals surface area (Å²) in [6.45, 7) is 1.80. The lowest BCUT2D eigenvalue weighted by Crippen LogP contribution is -2.56. The minimum atomic E-state index is -1.59. The van der Waals surface area contributed by atoms with Crippen molar-refractivity contribution in [2.45, 2.75) is 18.9 Å². The molecular weight excluding hydrogens is 320 g/mol. The zero-order chi connectivity index (χ0) is 17.9. The topological polar surface area (TPSA) is 84.8 Å². The minimum absolute atomic E-state index is 0.240. The van der Waals surface area contributed by atoms with Gasteiger partial charge in [0, 0.05) is 5.56 Å². The molecule has 1 amide bonds. The fourth-order valence-electron chi connectivity index (χ4n) is 2.80. The van der Waals surface area contributed by atoms with E-state index in [4.69, 9.17) is 4.84 Å². The lowest BCUT2D eigenvalue weighted by Gasteiger charge is -2.27. The fourth-order valence-corrected chi connectivity index (χ4v) is 2.80. The van der Waals surface area contributed by atoms with Crippen molar-refractivity contribution >= 4 is 23.4 Å². The molecule has 3 rings (SSSR count). The highest BCUT2D eigenvalue weighted by molar-refractivity contribution is 6.44. The number of hydrogen-bond acceptors (Lipinski definition) is 5. The van der Waals surface area contributed by atoms with Crippen molar-refractivity contribution in [3.05, 3.63) is 71.8 Å². The van der Waals surface area contributed by atoms with E-state index in [9.17, 15) is 14.4 Å². The number of benzene rings is 2. The normalized spacial score (nSPS) is 19.1. The number of nitrogens with zero attached hydrogens (tertiary/aromatic N) is 1. The summed E-state index contributed by atoms with van der Waals surface area (Å²) >= 11 is 0. The first-order valence-corrected chi connectivity index (χ1v) is 7.85. The van der Waals surface area contributed by atoms with E-state index < -0.39 is 23.2 Å². The Morgan fingerprint density at radius 3 is 2.24 bits per heavy atom. The largest absolute Gasteiger partial charge is 0.370 e. The van der Waals surface area contributed by atoms with Crippen molar-refractivity contribution in [3.8, 4) is 0 Å². The number of Topliss-reactive ketones (excluding diaryl/α,β-unsaturated/α-hetero) is 1. The van der Waals surface area contributed by atoms with Crippen LogP contribution in [0.3, 0.4) is 0 Å². The quantitative estimate of drug-likeness (QED) is 0.515. The van der Waals surface area contributed by atoms with Crippen molar-refractivity contribution in [1.29, 1.82) is 0 Å². The predicted octanol–water partition coefficient (Wildman–Crippen LogP) is 2.20. The number of carbonyl (C=O) groups is 3. The number of rotatable bonds is 5. The first-order chi connectivity index (χ1) is 12.1. The first-order valence-electron chi connectivity index (χ1n) is 7.85. The SMILES string of the molecule is CCC1=NOC(=O)C1(NC(=O)C(=O)c1ccccc1)c1ccccc1. The number of amides is 1. The molecule has 0 saturated heterocycles. The van der Waals surface area contributed by atoms with Crippen molar-refractivity contribution < 1.29 is 19.2 Å². The van der Waals surface area contributed by atoms with Gasteiger partial charge in [-0.05, 0) is 12.0 Å². The van der Waals surface area contributed by atoms with Crippen LogP contribution in [0.15, 0.2) is 65.8 Å². The molecule has 25 heavy (non-hydrogen) atoms. The Morgan fingerprint density at radius 2 is 1.64 bits per heavy atom. The summed E-state index contributed by atoms with van der Waals surface area (Å²) in [4.78, 5) is 42.3. The van der Waals surface area contributed by atoms with Gasteiger partial charge in [0.2, 0.25) is 11.3 Å². The maximum atomic E-state index is 12.6. The number of oxime groups is 1. The van der Waals surface area contributed by atoms with E-state index in [2.05, 4.69) is 10.5 Å². The zero-order valence-corrected chi connectivity index (χ0v) is 13.6. The van der Waals surface area contributed by atoms with Gasteiger partial charge in [-0.2, -0.15) is 0 Å². The average molecular weight is 336 g/mol. The van der Waals surface area contributed by atoms with Crippen LogP contribution in [0, 0.1) is 0 Å². The highest BCUT2D eigenvalue weighted by atomic mass is 16.7. The van der Waals surface area contributed by atoms with Gasteiger partial charge in [-0.15, -0.1) is 0 Å². The van der Waals surface area contributed by atoms with Gasteiger partial charge >= 0.3 is 5.97 Å². The molecule has 1 aliphatic rings. The summed E-state index contributed by atoms with van der Waals surface area (Å²) in [6, 6.07) is 16.8. The van der Waals surface area contributed by atoms with Crippen LogP contribution in [0.25, 0.3) is 0 Å². The second kappa shape index (κ2) is 6.68. The van der Waals surface area contributed by atoms with Crippen LogP contribution >= 0.6 is 0 Å². The smallest absolute Gasteiger partial charge is 0.325 e. The van der Waals surface area contributed by atoms with Crippen LogP contribution in [-0.2, 0) is 20.0 Å². The van der Waals surface area contributed by atoms with Crippen LogP contribution in [-0.4, -0.2) is 23.4 Å². The highest BCUT2D eigenvalue weighted by Crippen LogP contribution is 2.31. The molecule has 1 N–H and O–H groups in total. The standard InChI is InChI=1S/C19H16N2O4/c1-2-15-19(18(24)25-21-15,14-11-7-4-8-12-14)20-17(23)16(22)13-9-5-3-6-10-13/h3-12H,2H2,1H3,(H,20,23). The number of nitrogens with one attached hydrogen (secondary N) is 1. The third kappa shape index (κ3) is 2.82. The van der Waals surface area contributed by atoms with Gasteiger partial charge in [-0.25, -0.2) is 4.79 Å². The average Bonchev–Trinajstić information content (AvgIpc) is 2.99. The second-order valence-corrected chi connectivity index (χ2v) is 5.54. The Bertz CT molecular complexity index is 846. The van der Waals surface area contributed by atoms with E-state index >= 15 is 0 Å². The molecule has 1 aliphatic heterocycles. The first kappa shape index (κ1) is 16.6. The lowest BCUT2D eigenvalue weighted by atomic mass is 9.84. The van der Waals surface area contributed by atoms with E-state index in [0.29, 0.717) is 17.7 Å². The number of carbonyl (C=O) groups excluding carboxylic acids is 3. The van der Waals surface area contributed by atoms with E-state index in [0.717, 1.165) is 0 Å². The predicted molar refractivity (Wildman–Crippen MR) is 90.9 cm³/mol. The number of hydrogen-bond donors (Lipinski definition) is 1. The molecule has 1 unspecified atom stereocenters. The Kier molecular flexibility index (Phi) is 4.43. The minimum Gasteiger partial charge on any atom is -0.325 e. The Balaban J connectivity index is 2.00. The van der Waals surface area contributed by atoms with Crippen LogP contribution in [0.5, 0.6) is 0 Å². The van der Waals surface area contributed by atoms with Crippen LogP contribution in [0.1, 0.15) is 29.3 Å². The molecule has 0 bridgehead atoms. The van der Waals surface area contributed by atoms with E-state index in [-0.39, 0.29) is 5.56 Å². The molecule has 0 aromatic heterocycles. The van der Waals surface area contributed by atoms with Crippen LogP contribution in [0.2, 0.25) is 0 Å². The van der Waals surface area contributed by atoms with Gasteiger partial charge in [-0.1, -0.05) is 72.7 Å². The van der Waals surface area contributed by atoms with E-state index in [1.807, 2.05) is 0 Å². The molecule has 2 aromatic rings. The van der Waals surface area contributed by atoms with E-state index in [1.165, 1.54) is 0 Å². The summed E-state index contributed by atoms with van der Waals surface area (Å²) in [7, 11) is 0. The van der Waals surface area contributed by atoms with Gasteiger partial charge in [0.25, 0.3) is 5.91 Å².